The van der Waals surface area contributed by atoms with Gasteiger partial charge in [0, 0.05) is 9.41 Å². The van der Waals surface area contributed by atoms with E-state index in [1.165, 1.54) is 6.20 Å². The fourth-order valence-corrected chi connectivity index (χ4v) is 3.61. The molecule has 0 aliphatic carbocycles. The second-order valence-electron chi connectivity index (χ2n) is 7.15. The number of nitro groups is 1. The van der Waals surface area contributed by atoms with Crippen molar-refractivity contribution in [1.82, 2.24) is 9.55 Å². The summed E-state index contributed by atoms with van der Waals surface area (Å²) in [6.07, 6.45) is 2.21. The van der Waals surface area contributed by atoms with Crippen LogP contribution in [0.15, 0.2) is 54.7 Å². The predicted molar refractivity (Wildman–Crippen MR) is 124 cm³/mol. The quantitative estimate of drug-likeness (QED) is 0.131. The molecule has 1 aliphatic heterocycles. The largest absolute Gasteiger partial charge is 0.494 e. The van der Waals surface area contributed by atoms with Crippen LogP contribution in [-0.4, -0.2) is 38.2 Å². The Morgan fingerprint density at radius 3 is 2.84 bits per heavy atom. The van der Waals surface area contributed by atoms with Crippen LogP contribution in [0.5, 0.6) is 11.8 Å². The van der Waals surface area contributed by atoms with Crippen LogP contribution < -0.4 is 9.47 Å². The lowest BCUT2D eigenvalue weighted by Gasteiger charge is -2.22. The van der Waals surface area contributed by atoms with Crippen molar-refractivity contribution in [2.24, 2.45) is 0 Å². The first-order valence-corrected chi connectivity index (χ1v) is 11.5. The lowest BCUT2D eigenvalue weighted by molar-refractivity contribution is -0.389. The van der Waals surface area contributed by atoms with Crippen LogP contribution in [0.2, 0.25) is 0 Å². The second-order valence-corrected chi connectivity index (χ2v) is 8.23. The zero-order valence-electron chi connectivity index (χ0n) is 16.8. The normalized spacial score (nSPS) is 15.2. The van der Waals surface area contributed by atoms with E-state index in [0.717, 1.165) is 39.9 Å². The number of ether oxygens (including phenoxy) is 3. The molecule has 0 saturated heterocycles. The molecule has 1 atom stereocenters. The van der Waals surface area contributed by atoms with Crippen molar-refractivity contribution in [3.05, 3.63) is 70.4 Å². The molecule has 8 nitrogen and oxygen atoms in total. The molecular weight excluding hydrogens is 513 g/mol. The van der Waals surface area contributed by atoms with E-state index in [9.17, 15) is 10.1 Å². The highest BCUT2D eigenvalue weighted by Crippen LogP contribution is 2.25. The second kappa shape index (κ2) is 10.1. The van der Waals surface area contributed by atoms with Crippen molar-refractivity contribution in [1.29, 1.82) is 0 Å². The van der Waals surface area contributed by atoms with Gasteiger partial charge in [-0.1, -0.05) is 52.9 Å². The van der Waals surface area contributed by atoms with Gasteiger partial charge in [0.2, 0.25) is 0 Å². The smallest absolute Gasteiger partial charge is 0.414 e. The standard InChI is InChI=1S/C22H22IN3O5/c23-9-2-10-29-19-7-5-17(6-8-19)18-4-1-3-16(11-18)14-30-20-12-25-13-21(26(27)28)24-22(25)31-15-20/h1,3-8,11,13,20H,2,9-10,12,14-15H2/t20-/m0/s1. The van der Waals surface area contributed by atoms with Crippen LogP contribution in [0, 0.1) is 10.1 Å². The highest BCUT2D eigenvalue weighted by Gasteiger charge is 2.28. The Kier molecular flexibility index (Phi) is 7.03. The van der Waals surface area contributed by atoms with Gasteiger partial charge >= 0.3 is 11.8 Å². The fourth-order valence-electron chi connectivity index (χ4n) is 3.30. The van der Waals surface area contributed by atoms with E-state index >= 15 is 0 Å². The lowest BCUT2D eigenvalue weighted by Crippen LogP contribution is -2.32. The van der Waals surface area contributed by atoms with E-state index in [2.05, 4.69) is 51.8 Å². The maximum absolute atomic E-state index is 10.9. The summed E-state index contributed by atoms with van der Waals surface area (Å²) in [4.78, 5) is 14.2. The molecule has 1 aromatic heterocycles. The molecule has 0 amide bonds. The van der Waals surface area contributed by atoms with Crippen LogP contribution >= 0.6 is 22.6 Å². The van der Waals surface area contributed by atoms with E-state index in [1.807, 2.05) is 24.3 Å². The van der Waals surface area contributed by atoms with Crippen LogP contribution in [0.4, 0.5) is 5.82 Å². The van der Waals surface area contributed by atoms with Crippen molar-refractivity contribution in [2.75, 3.05) is 17.6 Å². The van der Waals surface area contributed by atoms with Gasteiger partial charge in [0.1, 0.15) is 24.7 Å². The average molecular weight is 535 g/mol. The molecule has 0 fully saturated rings. The molecule has 2 aromatic carbocycles. The summed E-state index contributed by atoms with van der Waals surface area (Å²) in [5, 5.41) is 10.9. The summed E-state index contributed by atoms with van der Waals surface area (Å²) in [7, 11) is 0. The van der Waals surface area contributed by atoms with E-state index in [0.29, 0.717) is 19.8 Å². The van der Waals surface area contributed by atoms with Crippen molar-refractivity contribution in [3.8, 4) is 22.9 Å². The summed E-state index contributed by atoms with van der Waals surface area (Å²) in [5.74, 6) is 0.661. The monoisotopic (exact) mass is 535 g/mol. The molecule has 31 heavy (non-hydrogen) atoms. The molecule has 1 aliphatic rings. The number of hydrogen-bond acceptors (Lipinski definition) is 6. The van der Waals surface area contributed by atoms with Gasteiger partial charge in [-0.15, -0.1) is 0 Å². The number of rotatable bonds is 9. The minimum atomic E-state index is -0.528. The van der Waals surface area contributed by atoms with Crippen LogP contribution in [-0.2, 0) is 17.9 Å². The van der Waals surface area contributed by atoms with E-state index in [1.54, 1.807) is 4.57 Å². The molecule has 0 unspecified atom stereocenters. The Balaban J connectivity index is 1.35. The zero-order chi connectivity index (χ0) is 21.6. The summed E-state index contributed by atoms with van der Waals surface area (Å²) in [5.41, 5.74) is 3.26. The minimum absolute atomic E-state index is 0.205. The highest BCUT2D eigenvalue weighted by atomic mass is 127. The molecule has 9 heteroatoms. The van der Waals surface area contributed by atoms with Crippen LogP contribution in [0.1, 0.15) is 12.0 Å². The third-order valence-corrected chi connectivity index (χ3v) is 5.62. The number of hydrogen-bond donors (Lipinski definition) is 0. The zero-order valence-corrected chi connectivity index (χ0v) is 18.9. The van der Waals surface area contributed by atoms with Gasteiger partial charge in [-0.3, -0.25) is 4.57 Å². The predicted octanol–water partition coefficient (Wildman–Crippen LogP) is 4.64. The van der Waals surface area contributed by atoms with Gasteiger partial charge in [0.25, 0.3) is 0 Å². The van der Waals surface area contributed by atoms with E-state index in [4.69, 9.17) is 14.2 Å². The lowest BCUT2D eigenvalue weighted by atomic mass is 10.0. The molecule has 0 radical (unpaired) electrons. The molecule has 0 spiro atoms. The van der Waals surface area contributed by atoms with Gasteiger partial charge in [-0.2, -0.15) is 0 Å². The number of imidazole rings is 1. The first-order chi connectivity index (χ1) is 15.1. The third kappa shape index (κ3) is 5.53. The molecule has 2 heterocycles. The van der Waals surface area contributed by atoms with Crippen molar-refractivity contribution in [2.45, 2.75) is 25.7 Å². The fraction of sp³-hybridized carbons (Fsp3) is 0.318. The Labute approximate surface area is 193 Å². The van der Waals surface area contributed by atoms with Gasteiger partial charge in [-0.05, 0) is 46.2 Å². The topological polar surface area (TPSA) is 88.7 Å². The van der Waals surface area contributed by atoms with Crippen LogP contribution in [0.3, 0.4) is 0 Å². The maximum atomic E-state index is 10.9. The first kappa shape index (κ1) is 21.6. The Hall–Kier alpha value is -2.66. The van der Waals surface area contributed by atoms with Gasteiger partial charge in [-0.25, -0.2) is 0 Å². The maximum Gasteiger partial charge on any atom is 0.414 e. The summed E-state index contributed by atoms with van der Waals surface area (Å²) < 4.78 is 19.9. The Bertz CT molecular complexity index is 1040. The number of alkyl halides is 1. The number of nitrogens with zero attached hydrogens (tertiary/aromatic N) is 3. The molecule has 0 bridgehead atoms. The van der Waals surface area contributed by atoms with Crippen molar-refractivity contribution < 1.29 is 19.1 Å². The summed E-state index contributed by atoms with van der Waals surface area (Å²) >= 11 is 2.34. The summed E-state index contributed by atoms with van der Waals surface area (Å²) in [6.45, 7) is 1.93. The molecule has 0 saturated carbocycles. The molecular formula is C22H22IN3O5. The van der Waals surface area contributed by atoms with E-state index < -0.39 is 4.92 Å². The SMILES string of the molecule is O=[N+]([O-])c1cn2c(n1)OC[C@@H](OCc1cccc(-c3ccc(OCCCI)cc3)c1)C2. The minimum Gasteiger partial charge on any atom is -0.494 e. The van der Waals surface area contributed by atoms with Gasteiger partial charge in [0.05, 0.1) is 19.8 Å². The molecule has 4 rings (SSSR count). The van der Waals surface area contributed by atoms with Gasteiger partial charge in [0.15, 0.2) is 0 Å². The van der Waals surface area contributed by atoms with E-state index in [-0.39, 0.29) is 17.9 Å². The Morgan fingerprint density at radius 1 is 1.23 bits per heavy atom. The first-order valence-electron chi connectivity index (χ1n) is 9.96. The van der Waals surface area contributed by atoms with Crippen LogP contribution in [0.25, 0.3) is 11.1 Å². The van der Waals surface area contributed by atoms with Crippen molar-refractivity contribution >= 4 is 28.4 Å². The molecule has 0 N–H and O–H groups in total. The number of fused-ring (bicyclic) bond motifs is 1. The average Bonchev–Trinajstić information content (AvgIpc) is 3.22. The molecule has 3 aromatic rings. The van der Waals surface area contributed by atoms with Crippen molar-refractivity contribution in [3.63, 3.8) is 0 Å². The third-order valence-electron chi connectivity index (χ3n) is 4.86. The van der Waals surface area contributed by atoms with Gasteiger partial charge < -0.3 is 24.3 Å². The number of aromatic nitrogens is 2. The Morgan fingerprint density at radius 2 is 2.06 bits per heavy atom. The number of benzene rings is 2. The number of halogens is 1. The summed E-state index contributed by atoms with van der Waals surface area (Å²) in [6, 6.07) is 16.5. The molecule has 162 valence electrons. The highest BCUT2D eigenvalue weighted by molar-refractivity contribution is 14.1.